The molecule has 0 saturated heterocycles. The number of aromatic nitrogens is 1. The summed E-state index contributed by atoms with van der Waals surface area (Å²) in [5.74, 6) is 0. The largest absolute Gasteiger partial charge is 0.348 e. The number of hydrogen-bond acceptors (Lipinski definition) is 2. The van der Waals surface area contributed by atoms with Crippen molar-refractivity contribution in [3.05, 3.63) is 45.9 Å². The summed E-state index contributed by atoms with van der Waals surface area (Å²) in [4.78, 5) is 1.43. The molecule has 1 unspecified atom stereocenters. The quantitative estimate of drug-likeness (QED) is 0.835. The number of hydrogen-bond donors (Lipinski definition) is 1. The van der Waals surface area contributed by atoms with Crippen molar-refractivity contribution in [2.45, 2.75) is 38.3 Å². The third-order valence-corrected chi connectivity index (χ3v) is 4.69. The van der Waals surface area contributed by atoms with Crippen molar-refractivity contribution in [3.63, 3.8) is 0 Å². The Balaban J connectivity index is 1.86. The standard InChI is InChI=1S/C15H20N2S/c1-16-15-7-3-2-5-12-9-17(11-14(12)15)10-13-6-4-8-18-13/h4,6,8-9,11,15-16H,2-3,5,7,10H2,1H3. The second-order valence-electron chi connectivity index (χ2n) is 5.08. The van der Waals surface area contributed by atoms with Crippen LogP contribution in [0.25, 0.3) is 0 Å². The highest BCUT2D eigenvalue weighted by molar-refractivity contribution is 7.09. The molecule has 2 aromatic heterocycles. The van der Waals surface area contributed by atoms with Gasteiger partial charge in [-0.2, -0.15) is 0 Å². The van der Waals surface area contributed by atoms with Gasteiger partial charge in [-0.15, -0.1) is 11.3 Å². The van der Waals surface area contributed by atoms with Crippen molar-refractivity contribution in [2.75, 3.05) is 7.05 Å². The Bertz CT molecular complexity index is 499. The van der Waals surface area contributed by atoms with Crippen molar-refractivity contribution < 1.29 is 0 Å². The Labute approximate surface area is 113 Å². The van der Waals surface area contributed by atoms with Gasteiger partial charge in [-0.1, -0.05) is 12.5 Å². The first kappa shape index (κ1) is 12.0. The van der Waals surface area contributed by atoms with E-state index in [0.717, 1.165) is 6.54 Å². The molecule has 0 fully saturated rings. The molecule has 0 radical (unpaired) electrons. The van der Waals surface area contributed by atoms with Crippen LogP contribution in [0.1, 0.15) is 41.3 Å². The Morgan fingerprint density at radius 3 is 3.11 bits per heavy atom. The maximum atomic E-state index is 3.46. The summed E-state index contributed by atoms with van der Waals surface area (Å²) in [5, 5.41) is 5.61. The van der Waals surface area contributed by atoms with Crippen LogP contribution in [0, 0.1) is 0 Å². The first-order chi connectivity index (χ1) is 8.86. The zero-order valence-corrected chi connectivity index (χ0v) is 11.7. The first-order valence-electron chi connectivity index (χ1n) is 6.75. The monoisotopic (exact) mass is 260 g/mol. The molecule has 2 nitrogen and oxygen atoms in total. The number of aryl methyl sites for hydroxylation is 1. The molecule has 96 valence electrons. The van der Waals surface area contributed by atoms with Gasteiger partial charge in [0.2, 0.25) is 0 Å². The minimum atomic E-state index is 0.548. The van der Waals surface area contributed by atoms with Gasteiger partial charge >= 0.3 is 0 Å². The summed E-state index contributed by atoms with van der Waals surface area (Å²) in [7, 11) is 2.08. The topological polar surface area (TPSA) is 17.0 Å². The number of nitrogens with one attached hydrogen (secondary N) is 1. The summed E-state index contributed by atoms with van der Waals surface area (Å²) in [6.07, 6.45) is 9.88. The molecular weight excluding hydrogens is 240 g/mol. The van der Waals surface area contributed by atoms with E-state index in [0.29, 0.717) is 6.04 Å². The van der Waals surface area contributed by atoms with Crippen LogP contribution in [0.4, 0.5) is 0 Å². The van der Waals surface area contributed by atoms with Gasteiger partial charge in [0.15, 0.2) is 0 Å². The van der Waals surface area contributed by atoms with Crippen LogP contribution in [-0.2, 0) is 13.0 Å². The number of thiophene rings is 1. The minimum absolute atomic E-state index is 0.548. The van der Waals surface area contributed by atoms with E-state index in [-0.39, 0.29) is 0 Å². The van der Waals surface area contributed by atoms with E-state index in [1.54, 1.807) is 5.56 Å². The molecule has 0 spiro atoms. The smallest absolute Gasteiger partial charge is 0.0563 e. The maximum Gasteiger partial charge on any atom is 0.0563 e. The summed E-state index contributed by atoms with van der Waals surface area (Å²) in [5.41, 5.74) is 3.06. The van der Waals surface area contributed by atoms with E-state index in [1.165, 1.54) is 36.1 Å². The lowest BCUT2D eigenvalue weighted by molar-refractivity contribution is 0.531. The van der Waals surface area contributed by atoms with Gasteiger partial charge in [-0.05, 0) is 48.9 Å². The number of rotatable bonds is 3. The van der Waals surface area contributed by atoms with Gasteiger partial charge in [0.1, 0.15) is 0 Å². The highest BCUT2D eigenvalue weighted by atomic mass is 32.1. The average molecular weight is 260 g/mol. The molecule has 0 aromatic carbocycles. The fraction of sp³-hybridized carbons (Fsp3) is 0.467. The van der Waals surface area contributed by atoms with Crippen LogP contribution in [0.3, 0.4) is 0 Å². The molecule has 18 heavy (non-hydrogen) atoms. The predicted molar refractivity (Wildman–Crippen MR) is 77.2 cm³/mol. The molecule has 3 heteroatoms. The van der Waals surface area contributed by atoms with Crippen molar-refractivity contribution in [2.24, 2.45) is 0 Å². The fourth-order valence-electron chi connectivity index (χ4n) is 2.89. The lowest BCUT2D eigenvalue weighted by Crippen LogP contribution is -2.15. The van der Waals surface area contributed by atoms with Gasteiger partial charge in [0, 0.05) is 23.3 Å². The van der Waals surface area contributed by atoms with Gasteiger partial charge < -0.3 is 9.88 Å². The molecule has 1 aliphatic carbocycles. The summed E-state index contributed by atoms with van der Waals surface area (Å²) in [6.45, 7) is 1.01. The van der Waals surface area contributed by atoms with Crippen LogP contribution < -0.4 is 5.32 Å². The van der Waals surface area contributed by atoms with E-state index in [4.69, 9.17) is 0 Å². The molecule has 1 N–H and O–H groups in total. The second kappa shape index (κ2) is 5.29. The zero-order valence-electron chi connectivity index (χ0n) is 10.9. The summed E-state index contributed by atoms with van der Waals surface area (Å²) >= 11 is 1.84. The first-order valence-corrected chi connectivity index (χ1v) is 7.63. The van der Waals surface area contributed by atoms with Crippen LogP contribution in [0.15, 0.2) is 29.9 Å². The molecule has 0 aliphatic heterocycles. The Kier molecular flexibility index (Phi) is 3.52. The molecule has 0 bridgehead atoms. The second-order valence-corrected chi connectivity index (χ2v) is 6.11. The predicted octanol–water partition coefficient (Wildman–Crippen LogP) is 3.58. The van der Waals surface area contributed by atoms with Gasteiger partial charge in [-0.25, -0.2) is 0 Å². The van der Waals surface area contributed by atoms with Crippen molar-refractivity contribution in [3.8, 4) is 0 Å². The van der Waals surface area contributed by atoms with E-state index < -0.39 is 0 Å². The molecule has 1 atom stereocenters. The lowest BCUT2D eigenvalue weighted by atomic mass is 10.1. The van der Waals surface area contributed by atoms with Crippen LogP contribution in [0.5, 0.6) is 0 Å². The Hall–Kier alpha value is -1.06. The van der Waals surface area contributed by atoms with Crippen LogP contribution >= 0.6 is 11.3 Å². The summed E-state index contributed by atoms with van der Waals surface area (Å²) in [6, 6.07) is 4.89. The molecule has 2 heterocycles. The third kappa shape index (κ3) is 2.38. The lowest BCUT2D eigenvalue weighted by Gasteiger charge is -2.13. The number of nitrogens with zero attached hydrogens (tertiary/aromatic N) is 1. The molecule has 0 amide bonds. The van der Waals surface area contributed by atoms with E-state index in [9.17, 15) is 0 Å². The Morgan fingerprint density at radius 1 is 1.39 bits per heavy atom. The van der Waals surface area contributed by atoms with Crippen molar-refractivity contribution in [1.82, 2.24) is 9.88 Å². The van der Waals surface area contributed by atoms with Crippen LogP contribution in [-0.4, -0.2) is 11.6 Å². The molecule has 0 saturated carbocycles. The van der Waals surface area contributed by atoms with E-state index in [2.05, 4.69) is 46.8 Å². The highest BCUT2D eigenvalue weighted by Gasteiger charge is 2.19. The van der Waals surface area contributed by atoms with Gasteiger partial charge in [-0.3, -0.25) is 0 Å². The van der Waals surface area contributed by atoms with Crippen molar-refractivity contribution in [1.29, 1.82) is 0 Å². The van der Waals surface area contributed by atoms with E-state index in [1.807, 2.05) is 11.3 Å². The third-order valence-electron chi connectivity index (χ3n) is 3.83. The highest BCUT2D eigenvalue weighted by Crippen LogP contribution is 2.29. The van der Waals surface area contributed by atoms with Crippen molar-refractivity contribution >= 4 is 11.3 Å². The Morgan fingerprint density at radius 2 is 2.33 bits per heavy atom. The molecule has 1 aliphatic rings. The SMILES string of the molecule is CNC1CCCCc2cn(Cc3cccs3)cc21. The van der Waals surface area contributed by atoms with E-state index >= 15 is 0 Å². The number of fused-ring (bicyclic) bond motifs is 1. The zero-order chi connectivity index (χ0) is 12.4. The van der Waals surface area contributed by atoms with Gasteiger partial charge in [0.25, 0.3) is 0 Å². The normalized spacial score (nSPS) is 19.5. The summed E-state index contributed by atoms with van der Waals surface area (Å²) < 4.78 is 2.35. The van der Waals surface area contributed by atoms with Crippen LogP contribution in [0.2, 0.25) is 0 Å². The molecule has 2 aromatic rings. The van der Waals surface area contributed by atoms with Gasteiger partial charge in [0.05, 0.1) is 6.54 Å². The molecule has 3 rings (SSSR count). The molecular formula is C15H20N2S. The maximum absolute atomic E-state index is 3.46. The minimum Gasteiger partial charge on any atom is -0.348 e. The fourth-order valence-corrected chi connectivity index (χ4v) is 3.60. The average Bonchev–Trinajstić information content (AvgIpc) is 2.97.